The van der Waals surface area contributed by atoms with E-state index in [0.29, 0.717) is 22.6 Å². The number of benzene rings is 3. The third kappa shape index (κ3) is 7.01. The number of nitrogens with zero attached hydrogens (tertiary/aromatic N) is 1. The summed E-state index contributed by atoms with van der Waals surface area (Å²) in [6, 6.07) is 17.7. The van der Waals surface area contributed by atoms with Crippen LogP contribution in [0.1, 0.15) is 34.8 Å². The maximum Gasteiger partial charge on any atom is 0.323 e. The average molecular weight is 544 g/mol. The van der Waals surface area contributed by atoms with Gasteiger partial charge in [0.15, 0.2) is 0 Å². The molecule has 5 N–H and O–H groups in total. The van der Waals surface area contributed by atoms with Gasteiger partial charge in [-0.25, -0.2) is 4.79 Å². The number of carboxylic acids is 1. The van der Waals surface area contributed by atoms with Gasteiger partial charge < -0.3 is 31.3 Å². The van der Waals surface area contributed by atoms with Crippen molar-refractivity contribution in [2.24, 2.45) is 0 Å². The maximum absolute atomic E-state index is 13.2. The van der Waals surface area contributed by atoms with Crippen LogP contribution in [0, 0.1) is 6.92 Å². The molecule has 4 rings (SSSR count). The van der Waals surface area contributed by atoms with E-state index in [1.807, 2.05) is 31.2 Å². The van der Waals surface area contributed by atoms with Gasteiger partial charge in [-0.2, -0.15) is 0 Å². The predicted octanol–water partition coefficient (Wildman–Crippen LogP) is 4.08. The van der Waals surface area contributed by atoms with E-state index in [-0.39, 0.29) is 42.6 Å². The second-order valence-electron chi connectivity index (χ2n) is 9.50. The molecular weight excluding hydrogens is 514 g/mol. The zero-order chi connectivity index (χ0) is 28.8. The molecule has 1 heterocycles. The molecule has 0 saturated carbocycles. The molecule has 1 aliphatic heterocycles. The lowest BCUT2D eigenvalue weighted by Crippen LogP contribution is -2.42. The first-order valence-corrected chi connectivity index (χ1v) is 12.6. The van der Waals surface area contributed by atoms with E-state index in [2.05, 4.69) is 21.3 Å². The molecule has 3 aromatic carbocycles. The number of rotatable bonds is 8. The number of fused-ring (bicyclic) bond motifs is 1. The van der Waals surface area contributed by atoms with Crippen LogP contribution in [0.3, 0.4) is 0 Å². The number of carbonyl (C=O) groups is 5. The minimum Gasteiger partial charge on any atom is -0.481 e. The summed E-state index contributed by atoms with van der Waals surface area (Å²) in [5.41, 5.74) is 3.70. The first-order valence-electron chi connectivity index (χ1n) is 12.6. The summed E-state index contributed by atoms with van der Waals surface area (Å²) in [4.78, 5) is 62.8. The quantitative estimate of drug-likeness (QED) is 0.288. The minimum atomic E-state index is -1.08. The Morgan fingerprint density at radius 3 is 2.35 bits per heavy atom. The number of para-hydroxylation sites is 1. The molecule has 3 aromatic rings. The third-order valence-electron chi connectivity index (χ3n) is 6.35. The zero-order valence-corrected chi connectivity index (χ0v) is 22.0. The van der Waals surface area contributed by atoms with Crippen molar-refractivity contribution in [3.63, 3.8) is 0 Å². The van der Waals surface area contributed by atoms with Crippen LogP contribution < -0.4 is 21.3 Å². The van der Waals surface area contributed by atoms with Crippen molar-refractivity contribution in [2.75, 3.05) is 27.8 Å². The van der Waals surface area contributed by atoms with Crippen LogP contribution in [0.25, 0.3) is 0 Å². The number of hydrogen-bond acceptors (Lipinski definition) is 5. The minimum absolute atomic E-state index is 0.0409. The van der Waals surface area contributed by atoms with Crippen molar-refractivity contribution < 1.29 is 29.1 Å². The molecular formula is C29H29N5O6. The van der Waals surface area contributed by atoms with Crippen molar-refractivity contribution in [1.29, 1.82) is 0 Å². The molecule has 0 spiro atoms. The van der Waals surface area contributed by atoms with Crippen LogP contribution in [-0.2, 0) is 20.8 Å². The molecule has 1 atom stereocenters. The molecule has 0 aliphatic carbocycles. The van der Waals surface area contributed by atoms with Crippen LogP contribution in [0.4, 0.5) is 27.5 Å². The Bertz CT molecular complexity index is 1470. The summed E-state index contributed by atoms with van der Waals surface area (Å²) >= 11 is 0. The van der Waals surface area contributed by atoms with Gasteiger partial charge in [-0.15, -0.1) is 0 Å². The molecule has 11 heteroatoms. The van der Waals surface area contributed by atoms with Gasteiger partial charge in [-0.3, -0.25) is 19.2 Å². The first kappa shape index (κ1) is 27.8. The molecule has 0 fully saturated rings. The topological polar surface area (TPSA) is 157 Å². The second-order valence-corrected chi connectivity index (χ2v) is 9.50. The lowest BCUT2D eigenvalue weighted by molar-refractivity contribution is -0.138. The molecule has 0 bridgehead atoms. The van der Waals surface area contributed by atoms with Gasteiger partial charge in [0.05, 0.1) is 24.1 Å². The molecule has 5 amide bonds. The second kappa shape index (κ2) is 12.1. The smallest absolute Gasteiger partial charge is 0.323 e. The van der Waals surface area contributed by atoms with Crippen molar-refractivity contribution in [1.82, 2.24) is 4.90 Å². The zero-order valence-electron chi connectivity index (χ0n) is 22.0. The number of hydrogen-bond donors (Lipinski definition) is 5. The fraction of sp³-hybridized carbons (Fsp3) is 0.207. The van der Waals surface area contributed by atoms with Crippen molar-refractivity contribution in [3.8, 4) is 0 Å². The number of aliphatic carboxylic acids is 1. The number of nitrogens with one attached hydrogen (secondary N) is 4. The van der Waals surface area contributed by atoms with E-state index in [4.69, 9.17) is 5.11 Å². The van der Waals surface area contributed by atoms with E-state index in [1.165, 1.54) is 17.0 Å². The van der Waals surface area contributed by atoms with Crippen molar-refractivity contribution >= 4 is 52.5 Å². The highest BCUT2D eigenvalue weighted by Crippen LogP contribution is 2.26. The number of amides is 5. The normalized spacial score (nSPS) is 13.4. The predicted molar refractivity (Wildman–Crippen MR) is 150 cm³/mol. The highest BCUT2D eigenvalue weighted by atomic mass is 16.4. The van der Waals surface area contributed by atoms with Crippen LogP contribution in [0.5, 0.6) is 0 Å². The fourth-order valence-electron chi connectivity index (χ4n) is 4.29. The van der Waals surface area contributed by atoms with Crippen molar-refractivity contribution in [3.05, 3.63) is 83.4 Å². The van der Waals surface area contributed by atoms with Gasteiger partial charge in [0, 0.05) is 23.1 Å². The van der Waals surface area contributed by atoms with Gasteiger partial charge >= 0.3 is 12.0 Å². The van der Waals surface area contributed by atoms with Crippen LogP contribution in [-0.4, -0.2) is 52.3 Å². The van der Waals surface area contributed by atoms with Gasteiger partial charge in [0.1, 0.15) is 6.54 Å². The molecule has 1 unspecified atom stereocenters. The molecule has 0 saturated heterocycles. The van der Waals surface area contributed by atoms with E-state index in [9.17, 15) is 24.0 Å². The SMILES string of the molecule is Cc1ccccc1NC(=O)Nc1ccc(CC(=O)Nc2ccc3c(c2)C(=O)N(C(C)CC(=O)O)CC(=O)N3)cc1. The third-order valence-corrected chi connectivity index (χ3v) is 6.35. The highest BCUT2D eigenvalue weighted by molar-refractivity contribution is 6.10. The molecule has 11 nitrogen and oxygen atoms in total. The van der Waals surface area contributed by atoms with E-state index in [0.717, 1.165) is 5.56 Å². The van der Waals surface area contributed by atoms with Gasteiger partial charge in [0.25, 0.3) is 5.91 Å². The van der Waals surface area contributed by atoms with E-state index >= 15 is 0 Å². The standard InChI is InChI=1S/C29H29N5O6/c1-17-5-3-4-6-23(17)33-29(40)31-20-9-7-19(8-10-20)14-25(35)30-21-11-12-24-22(15-21)28(39)34(16-26(36)32-24)18(2)13-27(37)38/h3-12,15,18H,13-14,16H2,1-2H3,(H,30,35)(H,32,36)(H,37,38)(H2,31,33,40). The first-order chi connectivity index (χ1) is 19.1. The molecule has 40 heavy (non-hydrogen) atoms. The molecule has 206 valence electrons. The largest absolute Gasteiger partial charge is 0.481 e. The summed E-state index contributed by atoms with van der Waals surface area (Å²) in [6.07, 6.45) is -0.268. The van der Waals surface area contributed by atoms with E-state index in [1.54, 1.807) is 37.3 Å². The molecule has 1 aliphatic rings. The Morgan fingerprint density at radius 1 is 0.950 bits per heavy atom. The lowest BCUT2D eigenvalue weighted by Gasteiger charge is -2.26. The summed E-state index contributed by atoms with van der Waals surface area (Å²) in [5, 5.41) is 20.1. The summed E-state index contributed by atoms with van der Waals surface area (Å²) in [6.45, 7) is 3.18. The lowest BCUT2D eigenvalue weighted by atomic mass is 10.1. The average Bonchev–Trinajstić information content (AvgIpc) is 3.02. The number of aryl methyl sites for hydroxylation is 1. The van der Waals surface area contributed by atoms with E-state index < -0.39 is 23.8 Å². The monoisotopic (exact) mass is 543 g/mol. The maximum atomic E-state index is 13.2. The molecule has 0 radical (unpaired) electrons. The number of urea groups is 1. The summed E-state index contributed by atoms with van der Waals surface area (Å²) < 4.78 is 0. The Balaban J connectivity index is 1.38. The van der Waals surface area contributed by atoms with Gasteiger partial charge in [-0.05, 0) is 61.4 Å². The number of carbonyl (C=O) groups excluding carboxylic acids is 4. The molecule has 0 aromatic heterocycles. The Morgan fingerprint density at radius 2 is 1.65 bits per heavy atom. The number of anilines is 4. The highest BCUT2D eigenvalue weighted by Gasteiger charge is 2.30. The number of carboxylic acid groups (broad SMARTS) is 1. The van der Waals surface area contributed by atoms with Gasteiger partial charge in [-0.1, -0.05) is 30.3 Å². The van der Waals surface area contributed by atoms with Gasteiger partial charge in [0.2, 0.25) is 11.8 Å². The van der Waals surface area contributed by atoms with Crippen LogP contribution in [0.2, 0.25) is 0 Å². The van der Waals surface area contributed by atoms with Crippen LogP contribution in [0.15, 0.2) is 66.7 Å². The Labute approximate surface area is 230 Å². The summed E-state index contributed by atoms with van der Waals surface area (Å²) in [7, 11) is 0. The Kier molecular flexibility index (Phi) is 8.43. The van der Waals surface area contributed by atoms with Crippen LogP contribution >= 0.6 is 0 Å². The summed E-state index contributed by atoms with van der Waals surface area (Å²) in [5.74, 6) is -2.36. The fourth-order valence-corrected chi connectivity index (χ4v) is 4.29. The Hall–Kier alpha value is -5.19. The van der Waals surface area contributed by atoms with Crippen molar-refractivity contribution in [2.45, 2.75) is 32.7 Å².